The number of unbranched alkanes of at least 4 members (excludes halogenated alkanes) is 2. The summed E-state index contributed by atoms with van der Waals surface area (Å²) in [6.45, 7) is 41.7. The van der Waals surface area contributed by atoms with E-state index < -0.39 is 0 Å². The van der Waals surface area contributed by atoms with Gasteiger partial charge in [-0.05, 0) is 38.5 Å². The largest absolute Gasteiger partial charge is 0.345 e. The minimum atomic E-state index is 0.106. The van der Waals surface area contributed by atoms with Crippen molar-refractivity contribution in [3.8, 4) is 0 Å². The van der Waals surface area contributed by atoms with Gasteiger partial charge in [0.05, 0.1) is 11.4 Å². The predicted molar refractivity (Wildman–Crippen MR) is 205 cm³/mol. The summed E-state index contributed by atoms with van der Waals surface area (Å²) in [5.41, 5.74) is 6.15. The zero-order valence-corrected chi connectivity index (χ0v) is 34.4. The first-order valence-electron chi connectivity index (χ1n) is 19.3. The lowest BCUT2D eigenvalue weighted by Crippen LogP contribution is -2.26. The van der Waals surface area contributed by atoms with E-state index in [1.54, 1.807) is 0 Å². The number of nitrogens with zero attached hydrogens (tertiary/aromatic N) is 2. The predicted octanol–water partition coefficient (Wildman–Crippen LogP) is 13.3. The molecule has 0 unspecified atom stereocenters. The molecule has 0 radical (unpaired) electrons. The van der Waals surface area contributed by atoms with E-state index in [0.29, 0.717) is 0 Å². The van der Waals surface area contributed by atoms with Crippen LogP contribution in [0.5, 0.6) is 0 Å². The van der Waals surface area contributed by atoms with Crippen LogP contribution in [0.15, 0.2) is 0 Å². The van der Waals surface area contributed by atoms with Crippen LogP contribution in [0.1, 0.15) is 236 Å². The number of aromatic nitrogens is 4. The van der Waals surface area contributed by atoms with Gasteiger partial charge in [-0.1, -0.05) is 163 Å². The van der Waals surface area contributed by atoms with E-state index in [1.165, 1.54) is 92.8 Å². The van der Waals surface area contributed by atoms with Crippen molar-refractivity contribution in [1.82, 2.24) is 19.9 Å². The molecule has 0 fully saturated rings. The van der Waals surface area contributed by atoms with Crippen LogP contribution in [-0.2, 0) is 32.5 Å². The normalized spacial score (nSPS) is 13.6. The molecule has 0 atom stereocenters. The third-order valence-electron chi connectivity index (χ3n) is 11.2. The molecule has 0 spiro atoms. The van der Waals surface area contributed by atoms with E-state index >= 15 is 0 Å². The molecule has 0 aromatic carbocycles. The number of H-pyrrole nitrogens is 2. The van der Waals surface area contributed by atoms with Crippen molar-refractivity contribution in [3.05, 3.63) is 34.4 Å². The fourth-order valence-corrected chi connectivity index (χ4v) is 6.66. The molecule has 0 saturated carbocycles. The summed E-state index contributed by atoms with van der Waals surface area (Å²) in [5.74, 6) is 2.33. The van der Waals surface area contributed by atoms with Crippen LogP contribution in [0.2, 0.25) is 0 Å². The molecule has 2 aromatic rings. The zero-order valence-electron chi connectivity index (χ0n) is 34.4. The zero-order chi connectivity index (χ0) is 35.8. The minimum Gasteiger partial charge on any atom is -0.345 e. The average Bonchev–Trinajstić information content (AvgIpc) is 3.64. The highest BCUT2D eigenvalue weighted by Crippen LogP contribution is 2.41. The molecule has 46 heavy (non-hydrogen) atoms. The summed E-state index contributed by atoms with van der Waals surface area (Å²) in [7, 11) is 0. The maximum Gasteiger partial charge on any atom is 0.112 e. The van der Waals surface area contributed by atoms with Gasteiger partial charge in [0.25, 0.3) is 0 Å². The topological polar surface area (TPSA) is 57.4 Å². The first kappa shape index (κ1) is 42.4. The Morgan fingerprint density at radius 3 is 1.02 bits per heavy atom. The van der Waals surface area contributed by atoms with Gasteiger partial charge in [0, 0.05) is 43.9 Å². The van der Waals surface area contributed by atoms with Crippen LogP contribution >= 0.6 is 0 Å². The highest BCUT2D eigenvalue weighted by molar-refractivity contribution is 5.32. The fourth-order valence-electron chi connectivity index (χ4n) is 6.66. The van der Waals surface area contributed by atoms with Crippen molar-refractivity contribution in [1.29, 1.82) is 0 Å². The number of aromatic amines is 2. The summed E-state index contributed by atoms with van der Waals surface area (Å²) in [6, 6.07) is 0. The number of imidazole rings is 2. The van der Waals surface area contributed by atoms with Gasteiger partial charge in [-0.2, -0.15) is 0 Å². The molecule has 0 aliphatic heterocycles. The fraction of sp³-hybridized carbons (Fsp3) is 0.857. The maximum atomic E-state index is 5.20. The van der Waals surface area contributed by atoms with Gasteiger partial charge < -0.3 is 9.97 Å². The Bertz CT molecular complexity index is 1100. The Kier molecular flexibility index (Phi) is 15.4. The van der Waals surface area contributed by atoms with Gasteiger partial charge >= 0.3 is 0 Å². The lowest BCUT2D eigenvalue weighted by Gasteiger charge is -2.30. The Morgan fingerprint density at radius 1 is 0.391 bits per heavy atom. The Morgan fingerprint density at radius 2 is 0.696 bits per heavy atom. The molecule has 0 saturated heterocycles. The smallest absolute Gasteiger partial charge is 0.112 e. The first-order valence-corrected chi connectivity index (χ1v) is 19.3. The SMILES string of the molecule is CCCC(C)(C)c1nc(C(C)(C)CC)[nH]c1C(C)(C)CCC.CCCCC(C)(C)c1nc(C(C)(C)CC)[nH]c1C(C)(C)CCCC. The van der Waals surface area contributed by atoms with Crippen LogP contribution < -0.4 is 0 Å². The molecule has 268 valence electrons. The van der Waals surface area contributed by atoms with Crippen molar-refractivity contribution in [3.63, 3.8) is 0 Å². The summed E-state index contributed by atoms with van der Waals surface area (Å²) in [6.07, 6.45) is 14.4. The van der Waals surface area contributed by atoms with Crippen molar-refractivity contribution in [2.75, 3.05) is 0 Å². The van der Waals surface area contributed by atoms with E-state index in [1.807, 2.05) is 0 Å². The second-order valence-electron chi connectivity index (χ2n) is 18.3. The third kappa shape index (κ3) is 10.7. The number of hydrogen-bond donors (Lipinski definition) is 2. The quantitative estimate of drug-likeness (QED) is 0.170. The number of hydrogen-bond acceptors (Lipinski definition) is 2. The van der Waals surface area contributed by atoms with Crippen LogP contribution in [0.3, 0.4) is 0 Å². The Labute approximate surface area is 287 Å². The molecule has 2 N–H and O–H groups in total. The number of rotatable bonds is 18. The highest BCUT2D eigenvalue weighted by Gasteiger charge is 2.37. The molecule has 0 bridgehead atoms. The molecular weight excluding hydrogens is 560 g/mol. The second kappa shape index (κ2) is 16.7. The lowest BCUT2D eigenvalue weighted by molar-refractivity contribution is 0.404. The van der Waals surface area contributed by atoms with E-state index in [-0.39, 0.29) is 32.5 Å². The summed E-state index contributed by atoms with van der Waals surface area (Å²) < 4.78 is 0. The monoisotopic (exact) mass is 641 g/mol. The van der Waals surface area contributed by atoms with Crippen molar-refractivity contribution in [2.24, 2.45) is 0 Å². The van der Waals surface area contributed by atoms with Gasteiger partial charge in [-0.3, -0.25) is 0 Å². The first-order chi connectivity index (χ1) is 21.0. The molecule has 4 nitrogen and oxygen atoms in total. The van der Waals surface area contributed by atoms with E-state index in [9.17, 15) is 0 Å². The number of nitrogens with one attached hydrogen (secondary N) is 2. The van der Waals surface area contributed by atoms with Crippen LogP contribution in [-0.4, -0.2) is 19.9 Å². The molecule has 4 heteroatoms. The van der Waals surface area contributed by atoms with E-state index in [4.69, 9.17) is 9.97 Å². The van der Waals surface area contributed by atoms with Crippen molar-refractivity contribution in [2.45, 2.75) is 234 Å². The van der Waals surface area contributed by atoms with Crippen LogP contribution in [0, 0.1) is 0 Å². The lowest BCUT2D eigenvalue weighted by atomic mass is 9.75. The standard InChI is InChI=1S/C22H42N2.C20H38N2/c1-10-13-15-21(6,7)17-18(22(8,9)16-14-11-2)24-19(23-17)20(4,5)12-3;1-10-13-19(6,7)15-16(20(8,9)14-11-2)22-17(21-15)18(4,5)12-3/h10-16H2,1-9H3,(H,23,24);10-14H2,1-9H3,(H,21,22). The molecule has 2 heterocycles. The summed E-state index contributed by atoms with van der Waals surface area (Å²) >= 11 is 0. The Hall–Kier alpha value is -1.58. The van der Waals surface area contributed by atoms with Gasteiger partial charge in [0.2, 0.25) is 0 Å². The van der Waals surface area contributed by atoms with Gasteiger partial charge in [0.15, 0.2) is 0 Å². The molecule has 2 aromatic heterocycles. The van der Waals surface area contributed by atoms with Gasteiger partial charge in [-0.25, -0.2) is 9.97 Å². The molecule has 0 amide bonds. The van der Waals surface area contributed by atoms with Gasteiger partial charge in [0.1, 0.15) is 11.6 Å². The summed E-state index contributed by atoms with van der Waals surface area (Å²) in [4.78, 5) is 17.9. The average molecular weight is 641 g/mol. The maximum absolute atomic E-state index is 5.20. The summed E-state index contributed by atoms with van der Waals surface area (Å²) in [5, 5.41) is 0. The van der Waals surface area contributed by atoms with Crippen molar-refractivity contribution < 1.29 is 0 Å². The van der Waals surface area contributed by atoms with Crippen molar-refractivity contribution >= 4 is 0 Å². The molecule has 2 rings (SSSR count). The van der Waals surface area contributed by atoms with Gasteiger partial charge in [-0.15, -0.1) is 0 Å². The molecular formula is C42H80N4. The third-order valence-corrected chi connectivity index (χ3v) is 11.2. The molecule has 0 aliphatic rings. The van der Waals surface area contributed by atoms with E-state index in [0.717, 1.165) is 18.7 Å². The Balaban J connectivity index is 0.000000462. The van der Waals surface area contributed by atoms with E-state index in [2.05, 4.69) is 135 Å². The highest BCUT2D eigenvalue weighted by atomic mass is 15.0. The second-order valence-corrected chi connectivity index (χ2v) is 18.3. The molecule has 0 aliphatic carbocycles. The minimum absolute atomic E-state index is 0.106. The van der Waals surface area contributed by atoms with Crippen LogP contribution in [0.4, 0.5) is 0 Å². The van der Waals surface area contributed by atoms with Crippen LogP contribution in [0.25, 0.3) is 0 Å².